The Morgan fingerprint density at radius 1 is 1.41 bits per heavy atom. The molecular weight excluding hydrogens is 225 g/mol. The number of rotatable bonds is 4. The van der Waals surface area contributed by atoms with Crippen molar-refractivity contribution in [3.63, 3.8) is 0 Å². The summed E-state index contributed by atoms with van der Waals surface area (Å²) in [6.07, 6.45) is 0.609. The first-order valence-corrected chi connectivity index (χ1v) is 5.34. The molecule has 1 atom stereocenters. The lowest BCUT2D eigenvalue weighted by Crippen LogP contribution is -2.56. The minimum Gasteiger partial charge on any atom is -0.481 e. The van der Waals surface area contributed by atoms with Crippen molar-refractivity contribution in [3.05, 3.63) is 35.6 Å². The highest BCUT2D eigenvalue weighted by atomic mass is 19.1. The average molecular weight is 237 g/mol. The third-order valence-electron chi connectivity index (χ3n) is 2.89. The van der Waals surface area contributed by atoms with E-state index in [9.17, 15) is 14.0 Å². The van der Waals surface area contributed by atoms with Crippen molar-refractivity contribution < 1.29 is 19.1 Å². The molecule has 0 radical (unpaired) electrons. The van der Waals surface area contributed by atoms with Crippen LogP contribution in [0.5, 0.6) is 0 Å². The molecule has 0 aliphatic carbocycles. The highest BCUT2D eigenvalue weighted by molar-refractivity contribution is 6.01. The second-order valence-electron chi connectivity index (χ2n) is 4.05. The molecule has 1 aliphatic heterocycles. The number of carbonyl (C=O) groups is 2. The Bertz CT molecular complexity index is 444. The van der Waals surface area contributed by atoms with Crippen LogP contribution in [-0.2, 0) is 16.0 Å². The Morgan fingerprint density at radius 2 is 2.06 bits per heavy atom. The van der Waals surface area contributed by atoms with E-state index < -0.39 is 11.9 Å². The van der Waals surface area contributed by atoms with Gasteiger partial charge >= 0.3 is 5.97 Å². The Morgan fingerprint density at radius 3 is 2.59 bits per heavy atom. The van der Waals surface area contributed by atoms with Gasteiger partial charge in [-0.3, -0.25) is 9.59 Å². The van der Waals surface area contributed by atoms with Crippen molar-refractivity contribution >= 4 is 11.9 Å². The van der Waals surface area contributed by atoms with Gasteiger partial charge in [0.05, 0.1) is 0 Å². The van der Waals surface area contributed by atoms with Crippen molar-refractivity contribution in [2.24, 2.45) is 5.92 Å². The van der Waals surface area contributed by atoms with Crippen LogP contribution in [0.1, 0.15) is 5.56 Å². The zero-order valence-electron chi connectivity index (χ0n) is 9.10. The van der Waals surface area contributed by atoms with E-state index in [1.54, 1.807) is 12.1 Å². The zero-order chi connectivity index (χ0) is 12.4. The molecule has 1 unspecified atom stereocenters. The number of benzene rings is 1. The quantitative estimate of drug-likeness (QED) is 0.625. The molecule has 1 heterocycles. The molecule has 90 valence electrons. The Balaban J connectivity index is 1.83. The fraction of sp³-hybridized carbons (Fsp3) is 0.333. The molecule has 1 aromatic carbocycles. The van der Waals surface area contributed by atoms with Gasteiger partial charge in [-0.2, -0.15) is 0 Å². The summed E-state index contributed by atoms with van der Waals surface area (Å²) in [4.78, 5) is 23.4. The van der Waals surface area contributed by atoms with E-state index in [0.29, 0.717) is 13.0 Å². The van der Waals surface area contributed by atoms with E-state index in [1.807, 2.05) is 0 Å². The minimum absolute atomic E-state index is 0.273. The topological polar surface area (TPSA) is 57.6 Å². The molecule has 0 bridgehead atoms. The van der Waals surface area contributed by atoms with E-state index in [0.717, 1.165) is 5.56 Å². The van der Waals surface area contributed by atoms with E-state index in [1.165, 1.54) is 17.0 Å². The van der Waals surface area contributed by atoms with E-state index in [4.69, 9.17) is 5.11 Å². The smallest absolute Gasteiger partial charge is 0.317 e. The molecule has 1 aromatic rings. The molecule has 4 nitrogen and oxygen atoms in total. The Kier molecular flexibility index (Phi) is 3.08. The fourth-order valence-corrected chi connectivity index (χ4v) is 1.80. The number of amides is 1. The molecular formula is C12H12FNO3. The first kappa shape index (κ1) is 11.6. The number of hydrogen-bond acceptors (Lipinski definition) is 2. The van der Waals surface area contributed by atoms with Crippen LogP contribution in [0.25, 0.3) is 0 Å². The van der Waals surface area contributed by atoms with Gasteiger partial charge in [0.1, 0.15) is 5.82 Å². The molecule has 5 heteroatoms. The summed E-state index contributed by atoms with van der Waals surface area (Å²) in [5.74, 6) is -2.56. The molecule has 0 aromatic heterocycles. The number of halogens is 1. The van der Waals surface area contributed by atoms with Gasteiger partial charge in [-0.15, -0.1) is 0 Å². The largest absolute Gasteiger partial charge is 0.481 e. The predicted molar refractivity (Wildman–Crippen MR) is 57.8 cm³/mol. The third kappa shape index (κ3) is 2.43. The van der Waals surface area contributed by atoms with Crippen molar-refractivity contribution in [2.45, 2.75) is 6.42 Å². The average Bonchev–Trinajstić information content (AvgIpc) is 2.29. The Labute approximate surface area is 97.7 Å². The van der Waals surface area contributed by atoms with E-state index >= 15 is 0 Å². The van der Waals surface area contributed by atoms with Crippen LogP contribution in [0, 0.1) is 11.7 Å². The van der Waals surface area contributed by atoms with Crippen molar-refractivity contribution in [1.29, 1.82) is 0 Å². The molecule has 0 saturated carbocycles. The second-order valence-corrected chi connectivity index (χ2v) is 4.05. The number of likely N-dealkylation sites (tertiary alicyclic amines) is 1. The molecule has 1 saturated heterocycles. The SMILES string of the molecule is O=C(O)C1CN(CCc2ccc(F)cc2)C1=O. The third-order valence-corrected chi connectivity index (χ3v) is 2.89. The maximum Gasteiger partial charge on any atom is 0.317 e. The lowest BCUT2D eigenvalue weighted by Gasteiger charge is -2.36. The number of β-lactam (4-membered cyclic amide) rings is 1. The summed E-state index contributed by atoms with van der Waals surface area (Å²) in [5.41, 5.74) is 0.929. The zero-order valence-corrected chi connectivity index (χ0v) is 9.10. The van der Waals surface area contributed by atoms with Gasteiger partial charge in [0.2, 0.25) is 5.91 Å². The van der Waals surface area contributed by atoms with Gasteiger partial charge in [-0.05, 0) is 24.1 Å². The summed E-state index contributed by atoms with van der Waals surface area (Å²) in [6, 6.07) is 6.06. The van der Waals surface area contributed by atoms with Crippen LogP contribution in [0.3, 0.4) is 0 Å². The highest BCUT2D eigenvalue weighted by Gasteiger charge is 2.41. The standard InChI is InChI=1S/C12H12FNO3/c13-9-3-1-8(2-4-9)5-6-14-7-10(11(14)15)12(16)17/h1-4,10H,5-7H2,(H,16,17). The normalized spacial score (nSPS) is 19.0. The number of nitrogens with zero attached hydrogens (tertiary/aromatic N) is 1. The van der Waals surface area contributed by atoms with Gasteiger partial charge < -0.3 is 10.0 Å². The maximum atomic E-state index is 12.6. The fourth-order valence-electron chi connectivity index (χ4n) is 1.80. The predicted octanol–water partition coefficient (Wildman–Crippen LogP) is 0.911. The first-order valence-electron chi connectivity index (χ1n) is 5.34. The number of carboxylic acid groups (broad SMARTS) is 1. The summed E-state index contributed by atoms with van der Waals surface area (Å²) >= 11 is 0. The van der Waals surface area contributed by atoms with Crippen molar-refractivity contribution in [3.8, 4) is 0 Å². The van der Waals surface area contributed by atoms with Gasteiger partial charge in [0.25, 0.3) is 0 Å². The number of aliphatic carboxylic acids is 1. The first-order chi connectivity index (χ1) is 8.08. The van der Waals surface area contributed by atoms with Gasteiger partial charge in [-0.1, -0.05) is 12.1 Å². The molecule has 1 N–H and O–H groups in total. The van der Waals surface area contributed by atoms with Crippen LogP contribution < -0.4 is 0 Å². The van der Waals surface area contributed by atoms with Gasteiger partial charge in [0, 0.05) is 13.1 Å². The van der Waals surface area contributed by atoms with E-state index in [2.05, 4.69) is 0 Å². The maximum absolute atomic E-state index is 12.6. The summed E-state index contributed by atoms with van der Waals surface area (Å²) < 4.78 is 12.6. The van der Waals surface area contributed by atoms with Crippen molar-refractivity contribution in [2.75, 3.05) is 13.1 Å². The molecule has 2 rings (SSSR count). The Hall–Kier alpha value is -1.91. The van der Waals surface area contributed by atoms with Crippen LogP contribution >= 0.6 is 0 Å². The molecule has 0 spiro atoms. The molecule has 17 heavy (non-hydrogen) atoms. The van der Waals surface area contributed by atoms with Gasteiger partial charge in [0.15, 0.2) is 5.92 Å². The molecule has 1 fully saturated rings. The lowest BCUT2D eigenvalue weighted by atomic mass is 9.98. The van der Waals surface area contributed by atoms with Crippen LogP contribution in [0.4, 0.5) is 4.39 Å². The summed E-state index contributed by atoms with van der Waals surface area (Å²) in [7, 11) is 0. The van der Waals surface area contributed by atoms with E-state index in [-0.39, 0.29) is 18.3 Å². The monoisotopic (exact) mass is 237 g/mol. The minimum atomic E-state index is -1.06. The highest BCUT2D eigenvalue weighted by Crippen LogP contribution is 2.18. The number of hydrogen-bond donors (Lipinski definition) is 1. The lowest BCUT2D eigenvalue weighted by molar-refractivity contribution is -0.161. The van der Waals surface area contributed by atoms with Crippen molar-refractivity contribution in [1.82, 2.24) is 4.90 Å². The molecule has 1 aliphatic rings. The van der Waals surface area contributed by atoms with Crippen LogP contribution in [0.15, 0.2) is 24.3 Å². The summed E-state index contributed by atoms with van der Waals surface area (Å²) in [5, 5.41) is 8.65. The van der Waals surface area contributed by atoms with Gasteiger partial charge in [-0.25, -0.2) is 4.39 Å². The number of carboxylic acids is 1. The van der Waals surface area contributed by atoms with Crippen LogP contribution in [0.2, 0.25) is 0 Å². The summed E-state index contributed by atoms with van der Waals surface area (Å²) in [6.45, 7) is 0.754. The molecule has 1 amide bonds. The second kappa shape index (κ2) is 4.53. The number of carbonyl (C=O) groups excluding carboxylic acids is 1. The van der Waals surface area contributed by atoms with Crippen LogP contribution in [-0.4, -0.2) is 35.0 Å².